The van der Waals surface area contributed by atoms with E-state index in [1.54, 1.807) is 20.8 Å². The summed E-state index contributed by atoms with van der Waals surface area (Å²) >= 11 is 0. The van der Waals surface area contributed by atoms with Crippen molar-refractivity contribution < 1.29 is 14.4 Å². The highest BCUT2D eigenvalue weighted by molar-refractivity contribution is 6.25. The van der Waals surface area contributed by atoms with Crippen LogP contribution in [0.1, 0.15) is 61.8 Å². The monoisotopic (exact) mass is 278 g/mol. The van der Waals surface area contributed by atoms with Gasteiger partial charge in [-0.3, -0.25) is 14.4 Å². The van der Waals surface area contributed by atoms with Crippen molar-refractivity contribution in [2.24, 2.45) is 5.41 Å². The Labute approximate surface area is 122 Å². The van der Waals surface area contributed by atoms with Crippen molar-refractivity contribution in [3.8, 4) is 0 Å². The average Bonchev–Trinajstić information content (AvgIpc) is 2.33. The smallest absolute Gasteiger partial charge is 0.186 e. The van der Waals surface area contributed by atoms with E-state index in [0.29, 0.717) is 35.1 Å². The molecule has 0 unspecified atom stereocenters. The maximum atomic E-state index is 12.4. The van der Waals surface area contributed by atoms with E-state index in [1.807, 2.05) is 20.8 Å². The Morgan fingerprint density at radius 1 is 0.950 bits per heavy atom. The van der Waals surface area contributed by atoms with Crippen molar-refractivity contribution in [1.29, 1.82) is 0 Å². The van der Waals surface area contributed by atoms with Gasteiger partial charge in [-0.25, -0.2) is 0 Å². The molecule has 0 heterocycles. The molecule has 0 bridgehead atoms. The van der Waals surface area contributed by atoms with Gasteiger partial charge in [0.25, 0.3) is 0 Å². The Morgan fingerprint density at radius 3 is 1.85 bits per heavy atom. The van der Waals surface area contributed by atoms with E-state index < -0.39 is 5.41 Å². The summed E-state index contributed by atoms with van der Waals surface area (Å²) < 4.78 is 0. The minimum absolute atomic E-state index is 0. The second kappa shape index (κ2) is 6.29. The van der Waals surface area contributed by atoms with Crippen LogP contribution in [-0.4, -0.2) is 17.3 Å². The molecule has 3 nitrogen and oxygen atoms in total. The molecular formula is C17H26O3. The summed E-state index contributed by atoms with van der Waals surface area (Å²) in [4.78, 5) is 36.2. The molecule has 0 aliphatic heterocycles. The van der Waals surface area contributed by atoms with Gasteiger partial charge in [-0.2, -0.15) is 0 Å². The number of ketones is 3. The molecule has 0 saturated heterocycles. The lowest BCUT2D eigenvalue weighted by atomic mass is 9.70. The zero-order chi connectivity index (χ0) is 15.0. The minimum atomic E-state index is -0.591. The van der Waals surface area contributed by atoms with Gasteiger partial charge < -0.3 is 0 Å². The second-order valence-electron chi connectivity index (χ2n) is 5.86. The SMILES string of the molecule is C.CCC(=O)CC(C)(C)C1=C(C)C(=O)C(C)=C(C)C1=O. The van der Waals surface area contributed by atoms with Gasteiger partial charge in [-0.1, -0.05) is 28.2 Å². The molecule has 112 valence electrons. The van der Waals surface area contributed by atoms with Gasteiger partial charge in [-0.15, -0.1) is 0 Å². The van der Waals surface area contributed by atoms with Crippen molar-refractivity contribution >= 4 is 17.3 Å². The van der Waals surface area contributed by atoms with E-state index in [1.165, 1.54) is 0 Å². The van der Waals surface area contributed by atoms with E-state index in [-0.39, 0.29) is 24.8 Å². The van der Waals surface area contributed by atoms with Gasteiger partial charge in [0, 0.05) is 40.5 Å². The number of hydrogen-bond acceptors (Lipinski definition) is 3. The Kier molecular flexibility index (Phi) is 5.82. The van der Waals surface area contributed by atoms with Gasteiger partial charge in [0.2, 0.25) is 0 Å². The normalized spacial score (nSPS) is 16.5. The van der Waals surface area contributed by atoms with E-state index in [9.17, 15) is 14.4 Å². The Morgan fingerprint density at radius 2 is 1.40 bits per heavy atom. The maximum absolute atomic E-state index is 12.4. The summed E-state index contributed by atoms with van der Waals surface area (Å²) in [6.45, 7) is 10.6. The van der Waals surface area contributed by atoms with Crippen LogP contribution in [0.15, 0.2) is 22.3 Å². The molecular weight excluding hydrogens is 252 g/mol. The largest absolute Gasteiger partial charge is 0.300 e. The molecule has 0 saturated carbocycles. The van der Waals surface area contributed by atoms with Crippen molar-refractivity contribution in [2.75, 3.05) is 0 Å². The third-order valence-electron chi connectivity index (χ3n) is 3.90. The van der Waals surface area contributed by atoms with Crippen LogP contribution >= 0.6 is 0 Å². The first-order valence-electron chi connectivity index (χ1n) is 6.63. The first-order chi connectivity index (χ1) is 8.63. The fourth-order valence-electron chi connectivity index (χ4n) is 2.61. The molecule has 0 fully saturated rings. The van der Waals surface area contributed by atoms with Gasteiger partial charge >= 0.3 is 0 Å². The summed E-state index contributed by atoms with van der Waals surface area (Å²) in [6, 6.07) is 0. The molecule has 0 radical (unpaired) electrons. The molecule has 0 spiro atoms. The lowest BCUT2D eigenvalue weighted by Gasteiger charge is -2.31. The standard InChI is InChI=1S/C16H22O3.CH4/c1-7-12(17)8-16(5,6)13-11(4)14(18)9(2)10(3)15(13)19;/h7-8H2,1-6H3;1H4. The highest BCUT2D eigenvalue weighted by Gasteiger charge is 2.37. The van der Waals surface area contributed by atoms with Crippen molar-refractivity contribution in [3.63, 3.8) is 0 Å². The summed E-state index contributed by atoms with van der Waals surface area (Å²) in [7, 11) is 0. The first-order valence-corrected chi connectivity index (χ1v) is 6.63. The minimum Gasteiger partial charge on any atom is -0.300 e. The molecule has 1 rings (SSSR count). The number of carbonyl (C=O) groups is 3. The van der Waals surface area contributed by atoms with E-state index in [2.05, 4.69) is 0 Å². The number of allylic oxidation sites excluding steroid dienone is 4. The topological polar surface area (TPSA) is 51.2 Å². The van der Waals surface area contributed by atoms with Crippen LogP contribution in [0.2, 0.25) is 0 Å². The average molecular weight is 278 g/mol. The molecule has 0 aromatic carbocycles. The van der Waals surface area contributed by atoms with Crippen LogP contribution in [0, 0.1) is 5.41 Å². The lowest BCUT2D eigenvalue weighted by Crippen LogP contribution is -2.31. The van der Waals surface area contributed by atoms with Crippen LogP contribution in [0.4, 0.5) is 0 Å². The van der Waals surface area contributed by atoms with Crippen molar-refractivity contribution in [3.05, 3.63) is 22.3 Å². The number of rotatable bonds is 4. The van der Waals surface area contributed by atoms with Crippen LogP contribution in [0.5, 0.6) is 0 Å². The van der Waals surface area contributed by atoms with E-state index in [0.717, 1.165) is 0 Å². The van der Waals surface area contributed by atoms with Crippen molar-refractivity contribution in [1.82, 2.24) is 0 Å². The summed E-state index contributed by atoms with van der Waals surface area (Å²) in [6.07, 6.45) is 0.743. The summed E-state index contributed by atoms with van der Waals surface area (Å²) in [5, 5.41) is 0. The predicted octanol–water partition coefficient (Wildman–Crippen LogP) is 3.82. The maximum Gasteiger partial charge on any atom is 0.186 e. The van der Waals surface area contributed by atoms with Gasteiger partial charge in [-0.05, 0) is 20.8 Å². The predicted molar refractivity (Wildman–Crippen MR) is 81.5 cm³/mol. The molecule has 0 aromatic heterocycles. The van der Waals surface area contributed by atoms with Gasteiger partial charge in [0.15, 0.2) is 11.6 Å². The molecule has 20 heavy (non-hydrogen) atoms. The summed E-state index contributed by atoms with van der Waals surface area (Å²) in [5.74, 6) is -0.0675. The molecule has 1 aliphatic carbocycles. The quantitative estimate of drug-likeness (QED) is 0.734. The second-order valence-corrected chi connectivity index (χ2v) is 5.86. The third kappa shape index (κ3) is 3.14. The van der Waals surface area contributed by atoms with Gasteiger partial charge in [0.1, 0.15) is 5.78 Å². The molecule has 0 amide bonds. The van der Waals surface area contributed by atoms with E-state index >= 15 is 0 Å². The molecule has 3 heteroatoms. The third-order valence-corrected chi connectivity index (χ3v) is 3.90. The molecule has 0 aromatic rings. The first kappa shape index (κ1) is 18.5. The fourth-order valence-corrected chi connectivity index (χ4v) is 2.61. The number of carbonyl (C=O) groups excluding carboxylic acids is 3. The number of Topliss-reactive ketones (excluding diaryl/α,β-unsaturated/α-hetero) is 3. The zero-order valence-corrected chi connectivity index (χ0v) is 12.6. The Balaban J connectivity index is 0.00000361. The highest BCUT2D eigenvalue weighted by Crippen LogP contribution is 2.39. The van der Waals surface area contributed by atoms with Crippen LogP contribution < -0.4 is 0 Å². The number of hydrogen-bond donors (Lipinski definition) is 0. The molecule has 0 atom stereocenters. The van der Waals surface area contributed by atoms with Crippen LogP contribution in [0.3, 0.4) is 0 Å². The zero-order valence-electron chi connectivity index (χ0n) is 12.6. The fraction of sp³-hybridized carbons (Fsp3) is 0.588. The van der Waals surface area contributed by atoms with Crippen LogP contribution in [-0.2, 0) is 14.4 Å². The molecule has 1 aliphatic rings. The molecule has 0 N–H and O–H groups in total. The Hall–Kier alpha value is -1.51. The van der Waals surface area contributed by atoms with E-state index in [4.69, 9.17) is 0 Å². The Bertz CT molecular complexity index is 516. The van der Waals surface area contributed by atoms with Crippen LogP contribution in [0.25, 0.3) is 0 Å². The lowest BCUT2D eigenvalue weighted by molar-refractivity contribution is -0.121. The highest BCUT2D eigenvalue weighted by atomic mass is 16.1. The van der Waals surface area contributed by atoms with Crippen molar-refractivity contribution in [2.45, 2.75) is 61.8 Å². The summed E-state index contributed by atoms with van der Waals surface area (Å²) in [5.41, 5.74) is 1.42. The van der Waals surface area contributed by atoms with Gasteiger partial charge in [0.05, 0.1) is 0 Å².